The van der Waals surface area contributed by atoms with Crippen LogP contribution in [-0.4, -0.2) is 46.8 Å². The van der Waals surface area contributed by atoms with Crippen LogP contribution < -0.4 is 0 Å². The summed E-state index contributed by atoms with van der Waals surface area (Å²) in [6.45, 7) is 4.62. The first-order valence-corrected chi connectivity index (χ1v) is 3.84. The minimum Gasteiger partial charge on any atom is -0.379 e. The Hall–Kier alpha value is -0.160. The van der Waals surface area contributed by atoms with E-state index in [2.05, 4.69) is 0 Å². The summed E-state index contributed by atoms with van der Waals surface area (Å²) in [5.41, 5.74) is 0. The van der Waals surface area contributed by atoms with Crippen LogP contribution in [0.5, 0.6) is 0 Å². The van der Waals surface area contributed by atoms with E-state index in [-0.39, 0.29) is 6.10 Å². The molecule has 3 atom stereocenters. The summed E-state index contributed by atoms with van der Waals surface area (Å²) in [7, 11) is 0. The maximum Gasteiger partial charge on any atom is 0.106 e. The van der Waals surface area contributed by atoms with E-state index in [9.17, 15) is 0 Å². The van der Waals surface area contributed by atoms with Gasteiger partial charge in [0.05, 0.1) is 12.7 Å². The zero-order valence-electron chi connectivity index (χ0n) is 6.90. The van der Waals surface area contributed by atoms with Crippen molar-refractivity contribution in [2.24, 2.45) is 0 Å². The Morgan fingerprint density at radius 3 is 2.18 bits per heavy atom. The van der Waals surface area contributed by atoms with Gasteiger partial charge in [0.2, 0.25) is 0 Å². The molecule has 0 aromatic rings. The molecule has 11 heavy (non-hydrogen) atoms. The Bertz CT molecular complexity index is 115. The van der Waals surface area contributed by atoms with Crippen molar-refractivity contribution in [1.82, 2.24) is 4.90 Å². The molecule has 1 aliphatic heterocycles. The van der Waals surface area contributed by atoms with Crippen LogP contribution in [0.4, 0.5) is 0 Å². The van der Waals surface area contributed by atoms with E-state index in [0.717, 1.165) is 6.61 Å². The van der Waals surface area contributed by atoms with E-state index in [1.54, 1.807) is 18.7 Å². The van der Waals surface area contributed by atoms with Gasteiger partial charge in [0.15, 0.2) is 0 Å². The van der Waals surface area contributed by atoms with Crippen molar-refractivity contribution in [2.45, 2.75) is 32.4 Å². The molecule has 3 unspecified atom stereocenters. The summed E-state index contributed by atoms with van der Waals surface area (Å²) in [4.78, 5) is 1.58. The van der Waals surface area contributed by atoms with Crippen LogP contribution in [0, 0.1) is 0 Å². The first-order valence-electron chi connectivity index (χ1n) is 3.84. The third-order valence-corrected chi connectivity index (χ3v) is 1.78. The average Bonchev–Trinajstić information content (AvgIpc) is 2.63. The normalized spacial score (nSPS) is 28.6. The molecule has 0 aromatic heterocycles. The molecule has 0 radical (unpaired) electrons. The molecular weight excluding hydrogens is 146 g/mol. The lowest BCUT2D eigenvalue weighted by Crippen LogP contribution is -2.42. The molecule has 1 heterocycles. The van der Waals surface area contributed by atoms with E-state index in [1.807, 2.05) is 0 Å². The fourth-order valence-electron chi connectivity index (χ4n) is 1.03. The number of aliphatic hydroxyl groups excluding tert-OH is 2. The van der Waals surface area contributed by atoms with Crippen LogP contribution in [0.3, 0.4) is 0 Å². The van der Waals surface area contributed by atoms with Gasteiger partial charge in [-0.3, -0.25) is 4.90 Å². The number of epoxide rings is 1. The molecule has 1 saturated heterocycles. The molecular formula is C7H15NO3. The van der Waals surface area contributed by atoms with Crippen molar-refractivity contribution in [2.75, 3.05) is 13.2 Å². The van der Waals surface area contributed by atoms with Gasteiger partial charge in [-0.25, -0.2) is 0 Å². The highest BCUT2D eigenvalue weighted by Gasteiger charge is 2.28. The Morgan fingerprint density at radius 1 is 1.45 bits per heavy atom. The van der Waals surface area contributed by atoms with E-state index in [0.29, 0.717) is 6.54 Å². The molecule has 0 amide bonds. The van der Waals surface area contributed by atoms with Crippen molar-refractivity contribution in [1.29, 1.82) is 0 Å². The predicted molar refractivity (Wildman–Crippen MR) is 39.8 cm³/mol. The van der Waals surface area contributed by atoms with E-state index < -0.39 is 12.5 Å². The average molecular weight is 161 g/mol. The predicted octanol–water partition coefficient (Wildman–Crippen LogP) is -0.636. The Balaban J connectivity index is 2.31. The third-order valence-electron chi connectivity index (χ3n) is 1.78. The molecule has 1 rings (SSSR count). The monoisotopic (exact) mass is 161 g/mol. The van der Waals surface area contributed by atoms with Crippen LogP contribution in [0.15, 0.2) is 0 Å². The van der Waals surface area contributed by atoms with Crippen molar-refractivity contribution < 1.29 is 14.9 Å². The Morgan fingerprint density at radius 2 is 1.91 bits per heavy atom. The van der Waals surface area contributed by atoms with Crippen LogP contribution in [-0.2, 0) is 4.74 Å². The summed E-state index contributed by atoms with van der Waals surface area (Å²) in [6.07, 6.45) is -1.02. The summed E-state index contributed by atoms with van der Waals surface area (Å²) in [5.74, 6) is 0. The van der Waals surface area contributed by atoms with Crippen molar-refractivity contribution in [3.05, 3.63) is 0 Å². The quantitative estimate of drug-likeness (QED) is 0.425. The van der Waals surface area contributed by atoms with Crippen LogP contribution in [0.2, 0.25) is 0 Å². The third kappa shape index (κ3) is 2.75. The largest absolute Gasteiger partial charge is 0.379 e. The molecule has 2 N–H and O–H groups in total. The molecule has 0 saturated carbocycles. The van der Waals surface area contributed by atoms with Gasteiger partial charge < -0.3 is 14.9 Å². The van der Waals surface area contributed by atoms with Crippen molar-refractivity contribution >= 4 is 0 Å². The second kappa shape index (κ2) is 3.49. The number of hydrogen-bond acceptors (Lipinski definition) is 4. The van der Waals surface area contributed by atoms with Gasteiger partial charge in [0.1, 0.15) is 12.5 Å². The van der Waals surface area contributed by atoms with Crippen molar-refractivity contribution in [3.63, 3.8) is 0 Å². The SMILES string of the molecule is CC(O)N(CC1CO1)C(C)O. The fourth-order valence-corrected chi connectivity index (χ4v) is 1.03. The van der Waals surface area contributed by atoms with Gasteiger partial charge in [-0.1, -0.05) is 0 Å². The minimum atomic E-state index is -0.612. The smallest absolute Gasteiger partial charge is 0.106 e. The minimum absolute atomic E-state index is 0.208. The van der Waals surface area contributed by atoms with Crippen LogP contribution in [0.25, 0.3) is 0 Å². The van der Waals surface area contributed by atoms with E-state index in [1.165, 1.54) is 0 Å². The first-order chi connectivity index (χ1) is 5.11. The fraction of sp³-hybridized carbons (Fsp3) is 1.00. The summed E-state index contributed by atoms with van der Waals surface area (Å²) < 4.78 is 4.98. The summed E-state index contributed by atoms with van der Waals surface area (Å²) in [6, 6.07) is 0. The van der Waals surface area contributed by atoms with Gasteiger partial charge in [0.25, 0.3) is 0 Å². The molecule has 66 valence electrons. The summed E-state index contributed by atoms with van der Waals surface area (Å²) >= 11 is 0. The molecule has 0 aliphatic carbocycles. The molecule has 0 spiro atoms. The van der Waals surface area contributed by atoms with Gasteiger partial charge in [0, 0.05) is 6.54 Å². The molecule has 1 aliphatic rings. The number of ether oxygens (including phenoxy) is 1. The first kappa shape index (κ1) is 8.93. The maximum absolute atomic E-state index is 9.17. The molecule has 1 fully saturated rings. The highest BCUT2D eigenvalue weighted by atomic mass is 16.6. The highest BCUT2D eigenvalue weighted by molar-refractivity contribution is 4.75. The van der Waals surface area contributed by atoms with Crippen LogP contribution >= 0.6 is 0 Å². The lowest BCUT2D eigenvalue weighted by atomic mass is 10.3. The van der Waals surface area contributed by atoms with Gasteiger partial charge in [-0.05, 0) is 13.8 Å². The van der Waals surface area contributed by atoms with Gasteiger partial charge in [-0.2, -0.15) is 0 Å². The topological polar surface area (TPSA) is 56.2 Å². The Kier molecular flexibility index (Phi) is 2.84. The van der Waals surface area contributed by atoms with Gasteiger partial charge in [-0.15, -0.1) is 0 Å². The lowest BCUT2D eigenvalue weighted by Gasteiger charge is -2.27. The van der Waals surface area contributed by atoms with E-state index >= 15 is 0 Å². The summed E-state index contributed by atoms with van der Waals surface area (Å²) in [5, 5.41) is 18.3. The lowest BCUT2D eigenvalue weighted by molar-refractivity contribution is -0.0864. The molecule has 0 bridgehead atoms. The van der Waals surface area contributed by atoms with E-state index in [4.69, 9.17) is 14.9 Å². The molecule has 4 nitrogen and oxygen atoms in total. The van der Waals surface area contributed by atoms with Gasteiger partial charge >= 0.3 is 0 Å². The maximum atomic E-state index is 9.17. The second-order valence-corrected chi connectivity index (χ2v) is 2.92. The molecule has 4 heteroatoms. The Labute approximate surface area is 66.4 Å². The second-order valence-electron chi connectivity index (χ2n) is 2.92. The zero-order chi connectivity index (χ0) is 8.43. The number of rotatable bonds is 4. The highest BCUT2D eigenvalue weighted by Crippen LogP contribution is 2.13. The number of aliphatic hydroxyl groups is 2. The number of nitrogens with zero attached hydrogens (tertiary/aromatic N) is 1. The zero-order valence-corrected chi connectivity index (χ0v) is 6.90. The van der Waals surface area contributed by atoms with Crippen LogP contribution in [0.1, 0.15) is 13.8 Å². The standard InChI is InChI=1S/C7H15NO3/c1-5(9)8(6(2)10)3-7-4-11-7/h5-7,9-10H,3-4H2,1-2H3. The molecule has 0 aromatic carbocycles. The van der Waals surface area contributed by atoms with Crippen molar-refractivity contribution in [3.8, 4) is 0 Å². The number of hydrogen-bond donors (Lipinski definition) is 2.